The van der Waals surface area contributed by atoms with Gasteiger partial charge in [0.25, 0.3) is 0 Å². The summed E-state index contributed by atoms with van der Waals surface area (Å²) in [5, 5.41) is 0. The number of ether oxygens (including phenoxy) is 2. The molecule has 1 aromatic carbocycles. The van der Waals surface area contributed by atoms with Gasteiger partial charge in [0.1, 0.15) is 18.1 Å². The molecule has 0 saturated carbocycles. The predicted molar refractivity (Wildman–Crippen MR) is 74.2 cm³/mol. The van der Waals surface area contributed by atoms with Crippen LogP contribution in [0.1, 0.15) is 16.7 Å². The highest BCUT2D eigenvalue weighted by molar-refractivity contribution is 5.38. The van der Waals surface area contributed by atoms with Crippen molar-refractivity contribution in [3.63, 3.8) is 0 Å². The van der Waals surface area contributed by atoms with E-state index in [2.05, 4.69) is 11.1 Å². The Hall–Kier alpha value is -2.07. The molecule has 0 saturated heterocycles. The van der Waals surface area contributed by atoms with Crippen LogP contribution in [0.4, 0.5) is 0 Å². The average Bonchev–Trinajstić information content (AvgIpc) is 2.44. The van der Waals surface area contributed by atoms with E-state index < -0.39 is 0 Å². The summed E-state index contributed by atoms with van der Waals surface area (Å²) < 4.78 is 11.0. The van der Waals surface area contributed by atoms with Crippen LogP contribution in [0.3, 0.4) is 0 Å². The molecule has 0 aliphatic heterocycles. The molecule has 2 rings (SSSR count). The van der Waals surface area contributed by atoms with Crippen molar-refractivity contribution < 1.29 is 9.47 Å². The van der Waals surface area contributed by atoms with Gasteiger partial charge in [-0.1, -0.05) is 0 Å². The molecule has 0 atom stereocenters. The number of aryl methyl sites for hydroxylation is 1. The Kier molecular flexibility index (Phi) is 4.36. The maximum Gasteiger partial charge on any atom is 0.123 e. The zero-order valence-corrected chi connectivity index (χ0v) is 11.2. The topological polar surface area (TPSA) is 57.4 Å². The minimum Gasteiger partial charge on any atom is -0.497 e. The predicted octanol–water partition coefficient (Wildman–Crippen LogP) is 2.44. The molecule has 0 fully saturated rings. The highest BCUT2D eigenvalue weighted by Crippen LogP contribution is 2.23. The van der Waals surface area contributed by atoms with Crippen LogP contribution in [-0.2, 0) is 13.2 Å². The van der Waals surface area contributed by atoms with Crippen LogP contribution in [0, 0.1) is 6.92 Å². The van der Waals surface area contributed by atoms with Crippen LogP contribution in [-0.4, -0.2) is 12.1 Å². The molecule has 0 unspecified atom stereocenters. The van der Waals surface area contributed by atoms with Gasteiger partial charge in [-0.25, -0.2) is 0 Å². The van der Waals surface area contributed by atoms with Crippen LogP contribution < -0.4 is 15.2 Å². The smallest absolute Gasteiger partial charge is 0.123 e. The van der Waals surface area contributed by atoms with E-state index in [-0.39, 0.29) is 0 Å². The molecule has 4 heteroatoms. The lowest BCUT2D eigenvalue weighted by atomic mass is 10.2. The number of aromatic nitrogens is 1. The van der Waals surface area contributed by atoms with Crippen LogP contribution in [0.15, 0.2) is 36.7 Å². The standard InChI is InChI=1S/C15H18N2O2/c1-11-3-13(9-17-8-11)10-19-15-5-12(7-16)4-14(6-15)18-2/h3-6,8-9H,7,10,16H2,1-2H3. The first-order valence-corrected chi connectivity index (χ1v) is 6.12. The molecule has 1 aromatic heterocycles. The number of benzene rings is 1. The fourth-order valence-electron chi connectivity index (χ4n) is 1.81. The second kappa shape index (κ2) is 6.20. The molecule has 2 N–H and O–H groups in total. The summed E-state index contributed by atoms with van der Waals surface area (Å²) in [4.78, 5) is 4.14. The molecule has 0 amide bonds. The van der Waals surface area contributed by atoms with Gasteiger partial charge in [0.15, 0.2) is 0 Å². The summed E-state index contributed by atoms with van der Waals surface area (Å²) in [6, 6.07) is 7.73. The van der Waals surface area contributed by atoms with Crippen molar-refractivity contribution in [1.29, 1.82) is 0 Å². The number of pyridine rings is 1. The summed E-state index contributed by atoms with van der Waals surface area (Å²) in [5.74, 6) is 1.50. The summed E-state index contributed by atoms with van der Waals surface area (Å²) in [7, 11) is 1.63. The highest BCUT2D eigenvalue weighted by Gasteiger charge is 2.02. The number of nitrogens with two attached hydrogens (primary N) is 1. The summed E-state index contributed by atoms with van der Waals surface area (Å²) in [5.41, 5.74) is 8.79. The Morgan fingerprint density at radius 3 is 2.53 bits per heavy atom. The highest BCUT2D eigenvalue weighted by atomic mass is 16.5. The third-order valence-electron chi connectivity index (χ3n) is 2.75. The quantitative estimate of drug-likeness (QED) is 0.895. The lowest BCUT2D eigenvalue weighted by Gasteiger charge is -2.10. The van der Waals surface area contributed by atoms with Crippen molar-refractivity contribution >= 4 is 0 Å². The molecule has 0 aliphatic carbocycles. The molecule has 0 aliphatic rings. The first-order valence-electron chi connectivity index (χ1n) is 6.12. The molecule has 19 heavy (non-hydrogen) atoms. The third kappa shape index (κ3) is 3.69. The number of hydrogen-bond acceptors (Lipinski definition) is 4. The molecule has 0 spiro atoms. The molecule has 0 bridgehead atoms. The maximum absolute atomic E-state index is 5.76. The van der Waals surface area contributed by atoms with E-state index >= 15 is 0 Å². The monoisotopic (exact) mass is 258 g/mol. The molecule has 2 aromatic rings. The fourth-order valence-corrected chi connectivity index (χ4v) is 1.81. The Bertz CT molecular complexity index is 533. The van der Waals surface area contributed by atoms with Crippen molar-refractivity contribution in [1.82, 2.24) is 4.98 Å². The van der Waals surface area contributed by atoms with Crippen LogP contribution in [0.5, 0.6) is 11.5 Å². The fraction of sp³-hybridized carbons (Fsp3) is 0.267. The molecule has 1 heterocycles. The van der Waals surface area contributed by atoms with Gasteiger partial charge >= 0.3 is 0 Å². The van der Waals surface area contributed by atoms with Crippen molar-refractivity contribution in [2.45, 2.75) is 20.1 Å². The summed E-state index contributed by atoms with van der Waals surface area (Å²) >= 11 is 0. The molecule has 4 nitrogen and oxygen atoms in total. The average molecular weight is 258 g/mol. The molecule has 100 valence electrons. The Morgan fingerprint density at radius 2 is 1.84 bits per heavy atom. The van der Waals surface area contributed by atoms with Crippen molar-refractivity contribution in [3.8, 4) is 11.5 Å². The van der Waals surface area contributed by atoms with Gasteiger partial charge in [0, 0.05) is 30.6 Å². The Labute approximate surface area is 113 Å². The van der Waals surface area contributed by atoms with E-state index in [1.165, 1.54) is 0 Å². The summed E-state index contributed by atoms with van der Waals surface area (Å²) in [6.45, 7) is 2.94. The van der Waals surface area contributed by atoms with E-state index in [9.17, 15) is 0 Å². The van der Waals surface area contributed by atoms with Gasteiger partial charge in [-0.2, -0.15) is 0 Å². The molecular formula is C15H18N2O2. The molecular weight excluding hydrogens is 240 g/mol. The number of rotatable bonds is 5. The number of hydrogen-bond donors (Lipinski definition) is 1. The van der Waals surface area contributed by atoms with Gasteiger partial charge in [0.2, 0.25) is 0 Å². The van der Waals surface area contributed by atoms with Gasteiger partial charge < -0.3 is 15.2 Å². The Morgan fingerprint density at radius 1 is 1.05 bits per heavy atom. The van der Waals surface area contributed by atoms with E-state index in [4.69, 9.17) is 15.2 Å². The Balaban J connectivity index is 2.10. The lowest BCUT2D eigenvalue weighted by Crippen LogP contribution is -2.00. The third-order valence-corrected chi connectivity index (χ3v) is 2.75. The van der Waals surface area contributed by atoms with Crippen molar-refractivity contribution in [2.75, 3.05) is 7.11 Å². The van der Waals surface area contributed by atoms with Gasteiger partial charge in [-0.05, 0) is 36.2 Å². The van der Waals surface area contributed by atoms with Gasteiger partial charge in [0.05, 0.1) is 7.11 Å². The van der Waals surface area contributed by atoms with Gasteiger partial charge in [-0.15, -0.1) is 0 Å². The van der Waals surface area contributed by atoms with Crippen LogP contribution in [0.2, 0.25) is 0 Å². The number of methoxy groups -OCH3 is 1. The zero-order chi connectivity index (χ0) is 13.7. The minimum atomic E-state index is 0.458. The van der Waals surface area contributed by atoms with Gasteiger partial charge in [-0.3, -0.25) is 4.98 Å². The summed E-state index contributed by atoms with van der Waals surface area (Å²) in [6.07, 6.45) is 3.62. The second-order valence-corrected chi connectivity index (χ2v) is 4.38. The van der Waals surface area contributed by atoms with Crippen molar-refractivity contribution in [2.24, 2.45) is 5.73 Å². The van der Waals surface area contributed by atoms with E-state index in [0.29, 0.717) is 13.2 Å². The van der Waals surface area contributed by atoms with E-state index in [1.807, 2.05) is 31.3 Å². The maximum atomic E-state index is 5.76. The largest absolute Gasteiger partial charge is 0.497 e. The zero-order valence-electron chi connectivity index (χ0n) is 11.2. The van der Waals surface area contributed by atoms with E-state index in [0.717, 1.165) is 28.2 Å². The normalized spacial score (nSPS) is 10.3. The SMILES string of the molecule is COc1cc(CN)cc(OCc2cncc(C)c2)c1. The first kappa shape index (κ1) is 13.4. The molecule has 0 radical (unpaired) electrons. The van der Waals surface area contributed by atoms with Crippen LogP contribution >= 0.6 is 0 Å². The minimum absolute atomic E-state index is 0.458. The second-order valence-electron chi connectivity index (χ2n) is 4.38. The first-order chi connectivity index (χ1) is 9.21. The van der Waals surface area contributed by atoms with E-state index in [1.54, 1.807) is 13.3 Å². The van der Waals surface area contributed by atoms with Crippen LogP contribution in [0.25, 0.3) is 0 Å². The lowest BCUT2D eigenvalue weighted by molar-refractivity contribution is 0.302. The van der Waals surface area contributed by atoms with Crippen molar-refractivity contribution in [3.05, 3.63) is 53.3 Å². The number of nitrogens with zero attached hydrogens (tertiary/aromatic N) is 1.